The van der Waals surface area contributed by atoms with E-state index >= 15 is 0 Å². The van der Waals surface area contributed by atoms with E-state index in [-0.39, 0.29) is 5.91 Å². The van der Waals surface area contributed by atoms with Crippen LogP contribution < -0.4 is 5.32 Å². The van der Waals surface area contributed by atoms with Crippen LogP contribution in [0.15, 0.2) is 65.3 Å². The molecule has 23 heavy (non-hydrogen) atoms. The first-order chi connectivity index (χ1) is 11.3. The summed E-state index contributed by atoms with van der Waals surface area (Å²) in [6.07, 6.45) is 1.41. The Balaban J connectivity index is 1.65. The first-order valence-corrected chi connectivity index (χ1v) is 7.27. The molecule has 2 aromatic carbocycles. The maximum absolute atomic E-state index is 12.4. The zero-order chi connectivity index (χ0) is 15.6. The van der Waals surface area contributed by atoms with Gasteiger partial charge >= 0.3 is 0 Å². The second-order valence-corrected chi connectivity index (χ2v) is 5.18. The summed E-state index contributed by atoms with van der Waals surface area (Å²) in [5, 5.41) is 2.87. The highest BCUT2D eigenvalue weighted by atomic mass is 16.3. The molecule has 0 aliphatic carbocycles. The highest BCUT2D eigenvalue weighted by Gasteiger charge is 2.16. The minimum Gasteiger partial charge on any atom is -0.444 e. The van der Waals surface area contributed by atoms with E-state index in [1.165, 1.54) is 6.26 Å². The van der Waals surface area contributed by atoms with Crippen LogP contribution in [-0.4, -0.2) is 15.9 Å². The number of rotatable bonds is 3. The van der Waals surface area contributed by atoms with Crippen molar-refractivity contribution in [2.45, 2.75) is 6.54 Å². The first kappa shape index (κ1) is 13.5. The summed E-state index contributed by atoms with van der Waals surface area (Å²) >= 11 is 0. The van der Waals surface area contributed by atoms with Crippen molar-refractivity contribution in [1.82, 2.24) is 15.3 Å². The van der Waals surface area contributed by atoms with Gasteiger partial charge < -0.3 is 9.73 Å². The third-order valence-corrected chi connectivity index (χ3v) is 3.62. The van der Waals surface area contributed by atoms with Gasteiger partial charge in [0, 0.05) is 6.54 Å². The Kier molecular flexibility index (Phi) is 3.24. The van der Waals surface area contributed by atoms with Crippen LogP contribution in [-0.2, 0) is 6.54 Å². The van der Waals surface area contributed by atoms with Crippen molar-refractivity contribution in [3.63, 3.8) is 0 Å². The number of para-hydroxylation sites is 2. The molecule has 0 atom stereocenters. The molecule has 0 fully saturated rings. The topological polar surface area (TPSA) is 68.0 Å². The van der Waals surface area contributed by atoms with Gasteiger partial charge in [0.05, 0.1) is 11.0 Å². The molecule has 0 bridgehead atoms. The van der Waals surface area contributed by atoms with Crippen LogP contribution in [0.5, 0.6) is 0 Å². The van der Waals surface area contributed by atoms with E-state index in [1.54, 1.807) is 0 Å². The van der Waals surface area contributed by atoms with Gasteiger partial charge in [0.2, 0.25) is 5.71 Å². The van der Waals surface area contributed by atoms with Crippen LogP contribution >= 0.6 is 0 Å². The molecule has 0 saturated carbocycles. The van der Waals surface area contributed by atoms with E-state index < -0.39 is 0 Å². The molecule has 0 radical (unpaired) electrons. The molecule has 5 nitrogen and oxygen atoms in total. The van der Waals surface area contributed by atoms with Gasteiger partial charge in [-0.15, -0.1) is 0 Å². The second kappa shape index (κ2) is 5.53. The summed E-state index contributed by atoms with van der Waals surface area (Å²) < 4.78 is 5.40. The third kappa shape index (κ3) is 2.53. The van der Waals surface area contributed by atoms with Crippen LogP contribution in [0, 0.1) is 0 Å². The Morgan fingerprint density at radius 3 is 2.43 bits per heavy atom. The Bertz CT molecular complexity index is 993. The standard InChI is InChI=1S/C18H13N3O2/c22-17(19-10-12-6-2-1-3-7-12)13-11-23-18-16(13)20-14-8-4-5-9-15(14)21-18/h1-9,11H,10H2,(H,19,22). The lowest BCUT2D eigenvalue weighted by atomic mass is 10.2. The molecular weight excluding hydrogens is 290 g/mol. The van der Waals surface area contributed by atoms with Crippen molar-refractivity contribution in [3.8, 4) is 0 Å². The van der Waals surface area contributed by atoms with E-state index in [0.717, 1.165) is 16.6 Å². The number of nitrogens with zero attached hydrogens (tertiary/aromatic N) is 2. The van der Waals surface area contributed by atoms with Crippen LogP contribution in [0.4, 0.5) is 0 Å². The maximum atomic E-state index is 12.4. The summed E-state index contributed by atoms with van der Waals surface area (Å²) in [6, 6.07) is 17.2. The molecule has 4 rings (SSSR count). The number of benzene rings is 2. The number of nitrogens with one attached hydrogen (secondary N) is 1. The average Bonchev–Trinajstić information content (AvgIpc) is 3.01. The zero-order valence-electron chi connectivity index (χ0n) is 12.2. The van der Waals surface area contributed by atoms with Gasteiger partial charge in [-0.25, -0.2) is 9.97 Å². The Morgan fingerprint density at radius 1 is 0.957 bits per heavy atom. The maximum Gasteiger partial charge on any atom is 0.257 e. The average molecular weight is 303 g/mol. The third-order valence-electron chi connectivity index (χ3n) is 3.62. The minimum atomic E-state index is -0.225. The zero-order valence-corrected chi connectivity index (χ0v) is 12.2. The van der Waals surface area contributed by atoms with Crippen LogP contribution in [0.2, 0.25) is 0 Å². The van der Waals surface area contributed by atoms with Gasteiger partial charge in [-0.1, -0.05) is 42.5 Å². The lowest BCUT2D eigenvalue weighted by Crippen LogP contribution is -2.22. The second-order valence-electron chi connectivity index (χ2n) is 5.18. The van der Waals surface area contributed by atoms with Crippen LogP contribution in [0.1, 0.15) is 15.9 Å². The van der Waals surface area contributed by atoms with E-state index in [9.17, 15) is 4.79 Å². The quantitative estimate of drug-likeness (QED) is 0.630. The van der Waals surface area contributed by atoms with E-state index in [4.69, 9.17) is 4.42 Å². The smallest absolute Gasteiger partial charge is 0.257 e. The van der Waals surface area contributed by atoms with E-state index in [1.807, 2.05) is 54.6 Å². The van der Waals surface area contributed by atoms with Crippen molar-refractivity contribution in [2.75, 3.05) is 0 Å². The van der Waals surface area contributed by atoms with Crippen LogP contribution in [0.3, 0.4) is 0 Å². The lowest BCUT2D eigenvalue weighted by molar-refractivity contribution is 0.0951. The SMILES string of the molecule is O=C(NCc1ccccc1)c1coc2nc3ccccc3nc12. The van der Waals surface area contributed by atoms with Gasteiger partial charge in [0.15, 0.2) is 0 Å². The van der Waals surface area contributed by atoms with Gasteiger partial charge in [0.25, 0.3) is 5.91 Å². The number of fused-ring (bicyclic) bond motifs is 2. The summed E-state index contributed by atoms with van der Waals surface area (Å²) in [6.45, 7) is 0.452. The van der Waals surface area contributed by atoms with Crippen molar-refractivity contribution < 1.29 is 9.21 Å². The summed E-state index contributed by atoms with van der Waals surface area (Å²) in [5.41, 5.74) is 3.76. The van der Waals surface area contributed by atoms with Gasteiger partial charge in [0.1, 0.15) is 17.3 Å². The molecule has 0 aliphatic rings. The predicted octanol–water partition coefficient (Wildman–Crippen LogP) is 3.31. The Labute approximate surface area is 132 Å². The number of aromatic nitrogens is 2. The Hall–Kier alpha value is -3.21. The molecule has 2 heterocycles. The molecule has 0 aliphatic heterocycles. The Morgan fingerprint density at radius 2 is 1.65 bits per heavy atom. The summed E-state index contributed by atoms with van der Waals surface area (Å²) in [4.78, 5) is 21.3. The molecule has 0 spiro atoms. The van der Waals surface area contributed by atoms with Gasteiger partial charge in [-0.3, -0.25) is 4.79 Å². The number of carbonyl (C=O) groups excluding carboxylic acids is 1. The number of amides is 1. The highest BCUT2D eigenvalue weighted by Crippen LogP contribution is 2.21. The monoisotopic (exact) mass is 303 g/mol. The fraction of sp³-hybridized carbons (Fsp3) is 0.0556. The van der Waals surface area contributed by atoms with Crippen molar-refractivity contribution >= 4 is 28.2 Å². The molecule has 0 saturated heterocycles. The van der Waals surface area contributed by atoms with Gasteiger partial charge in [-0.05, 0) is 17.7 Å². The molecular formula is C18H13N3O2. The fourth-order valence-electron chi connectivity index (χ4n) is 2.45. The molecule has 112 valence electrons. The molecule has 0 unspecified atom stereocenters. The van der Waals surface area contributed by atoms with E-state index in [2.05, 4.69) is 15.3 Å². The van der Waals surface area contributed by atoms with Crippen molar-refractivity contribution in [1.29, 1.82) is 0 Å². The number of hydrogen-bond donors (Lipinski definition) is 1. The molecule has 4 aromatic rings. The van der Waals surface area contributed by atoms with Crippen LogP contribution in [0.25, 0.3) is 22.3 Å². The number of hydrogen-bond acceptors (Lipinski definition) is 4. The first-order valence-electron chi connectivity index (χ1n) is 7.27. The summed E-state index contributed by atoms with van der Waals surface area (Å²) in [7, 11) is 0. The molecule has 5 heteroatoms. The summed E-state index contributed by atoms with van der Waals surface area (Å²) in [5.74, 6) is -0.225. The fourth-order valence-corrected chi connectivity index (χ4v) is 2.45. The van der Waals surface area contributed by atoms with Gasteiger partial charge in [-0.2, -0.15) is 0 Å². The molecule has 2 aromatic heterocycles. The number of carbonyl (C=O) groups is 1. The predicted molar refractivity (Wildman–Crippen MR) is 86.9 cm³/mol. The molecule has 1 amide bonds. The largest absolute Gasteiger partial charge is 0.444 e. The van der Waals surface area contributed by atoms with Crippen molar-refractivity contribution in [3.05, 3.63) is 72.0 Å². The minimum absolute atomic E-state index is 0.225. The normalized spacial score (nSPS) is 11.0. The van der Waals surface area contributed by atoms with Crippen molar-refractivity contribution in [2.24, 2.45) is 0 Å². The molecule has 1 N–H and O–H groups in total. The van der Waals surface area contributed by atoms with E-state index in [0.29, 0.717) is 23.3 Å². The highest BCUT2D eigenvalue weighted by molar-refractivity contribution is 6.04. The number of furan rings is 1. The lowest BCUT2D eigenvalue weighted by Gasteiger charge is -2.03.